The Morgan fingerprint density at radius 2 is 1.75 bits per heavy atom. The summed E-state index contributed by atoms with van der Waals surface area (Å²) in [6.45, 7) is 11.9. The van der Waals surface area contributed by atoms with Gasteiger partial charge in [-0.05, 0) is 94.2 Å². The lowest BCUT2D eigenvalue weighted by molar-refractivity contribution is -0.157. The number of rotatable bonds is 13. The maximum Gasteiger partial charge on any atom is 0.410 e. The molecule has 2 aromatic carbocycles. The molecule has 2 saturated heterocycles. The molecule has 0 bridgehead atoms. The predicted octanol–water partition coefficient (Wildman–Crippen LogP) is 5.79. The van der Waals surface area contributed by atoms with Gasteiger partial charge in [-0.15, -0.1) is 0 Å². The summed E-state index contributed by atoms with van der Waals surface area (Å²) in [4.78, 5) is 81.6. The molecule has 4 aliphatic rings. The number of ether oxygens (including phenoxy) is 6. The van der Waals surface area contributed by atoms with E-state index >= 15 is 0 Å². The first kappa shape index (κ1) is 43.1. The molecule has 2 fully saturated rings. The molecule has 0 radical (unpaired) electrons. The number of carbonyl (C=O) groups is 6. The summed E-state index contributed by atoms with van der Waals surface area (Å²) in [6.07, 6.45) is 1.55. The van der Waals surface area contributed by atoms with Gasteiger partial charge in [0.2, 0.25) is 11.7 Å². The van der Waals surface area contributed by atoms with Crippen molar-refractivity contribution >= 4 is 35.6 Å². The van der Waals surface area contributed by atoms with E-state index in [1.165, 1.54) is 12.0 Å². The fourth-order valence-corrected chi connectivity index (χ4v) is 8.48. The number of carbonyl (C=O) groups excluding carboxylic acids is 6. The summed E-state index contributed by atoms with van der Waals surface area (Å²) in [5, 5.41) is 2.39. The van der Waals surface area contributed by atoms with Gasteiger partial charge >= 0.3 is 18.2 Å². The maximum absolute atomic E-state index is 13.8. The van der Waals surface area contributed by atoms with Crippen molar-refractivity contribution in [3.05, 3.63) is 64.9 Å². The number of hydrogen-bond acceptors (Lipinski definition) is 12. The Labute approximate surface area is 344 Å². The van der Waals surface area contributed by atoms with Gasteiger partial charge in [0.25, 0.3) is 0 Å². The zero-order valence-corrected chi connectivity index (χ0v) is 34.8. The van der Waals surface area contributed by atoms with Gasteiger partial charge in [-0.1, -0.05) is 32.1 Å². The Kier molecular flexibility index (Phi) is 13.3. The number of Topliss-reactive ketones (excluding diaryl/α,β-unsaturated/α-hetero) is 2. The molecule has 1 unspecified atom stereocenters. The molecule has 318 valence electrons. The largest absolute Gasteiger partial charge is 0.488 e. The van der Waals surface area contributed by atoms with Crippen LogP contribution in [0.3, 0.4) is 0 Å². The maximum atomic E-state index is 13.8. The van der Waals surface area contributed by atoms with Crippen molar-refractivity contribution in [2.75, 3.05) is 40.5 Å². The van der Waals surface area contributed by atoms with E-state index in [1.54, 1.807) is 51.0 Å². The van der Waals surface area contributed by atoms with Crippen LogP contribution in [0.15, 0.2) is 42.7 Å². The van der Waals surface area contributed by atoms with Crippen LogP contribution in [0.2, 0.25) is 0 Å². The highest BCUT2D eigenvalue weighted by Crippen LogP contribution is 2.42. The van der Waals surface area contributed by atoms with Crippen LogP contribution < -0.4 is 10.1 Å². The van der Waals surface area contributed by atoms with Gasteiger partial charge in [-0.3, -0.25) is 19.3 Å². The van der Waals surface area contributed by atoms with Crippen LogP contribution in [-0.4, -0.2) is 116 Å². The van der Waals surface area contributed by atoms with Crippen molar-refractivity contribution in [2.24, 2.45) is 5.92 Å². The summed E-state index contributed by atoms with van der Waals surface area (Å²) in [7, 11) is 2.81. The lowest BCUT2D eigenvalue weighted by Crippen LogP contribution is -2.50. The molecule has 3 amide bonds. The topological polar surface area (TPSA) is 176 Å². The lowest BCUT2D eigenvalue weighted by atomic mass is 9.84. The molecule has 0 saturated carbocycles. The number of alkyl carbamates (subject to hydrolysis) is 1. The molecule has 15 heteroatoms. The Bertz CT molecular complexity index is 1990. The first-order valence-electron chi connectivity index (χ1n) is 20.3. The third kappa shape index (κ3) is 9.72. The highest BCUT2D eigenvalue weighted by Gasteiger charge is 2.44. The number of nitrogens with one attached hydrogen (secondary N) is 1. The number of esters is 1. The molecule has 3 aliphatic heterocycles. The van der Waals surface area contributed by atoms with Crippen molar-refractivity contribution in [1.82, 2.24) is 15.1 Å². The van der Waals surface area contributed by atoms with E-state index in [-0.39, 0.29) is 49.7 Å². The van der Waals surface area contributed by atoms with Crippen LogP contribution >= 0.6 is 0 Å². The van der Waals surface area contributed by atoms with E-state index in [4.69, 9.17) is 23.7 Å². The first-order valence-corrected chi connectivity index (χ1v) is 20.3. The quantitative estimate of drug-likeness (QED) is 0.112. The van der Waals surface area contributed by atoms with Crippen molar-refractivity contribution in [1.29, 1.82) is 0 Å². The fourth-order valence-electron chi connectivity index (χ4n) is 8.48. The standard InChI is InChI=1S/C44H55N3O12/c1-8-9-30-12-14-34(47(30)39(49)20-45-42(52)55-7)41(51)58-37-15-11-27-18-33-31-13-10-28(17-29(31)23-57-38(33)19-32(27)40(37)50)36(48)24-56-25(2)35-16-26(22-54-6)21-46(35)43(53)59-44(3,4)5/h10,13,17-19,26,30,34-35,37H,2,8-9,11-12,14-16,20-24H2,1,3-7H3,(H,45,52)/t26-,30+,34+,35-,37?/m0/s1. The van der Waals surface area contributed by atoms with E-state index in [1.807, 2.05) is 19.1 Å². The van der Waals surface area contributed by atoms with Gasteiger partial charge in [0.05, 0.1) is 19.8 Å². The zero-order valence-electron chi connectivity index (χ0n) is 34.8. The minimum atomic E-state index is -1.02. The summed E-state index contributed by atoms with van der Waals surface area (Å²) >= 11 is 0. The smallest absolute Gasteiger partial charge is 0.410 e. The number of benzene rings is 2. The Hall–Kier alpha value is -5.44. The number of ketones is 2. The molecule has 0 spiro atoms. The van der Waals surface area contributed by atoms with Gasteiger partial charge in [0, 0.05) is 42.3 Å². The zero-order chi connectivity index (χ0) is 42.6. The molecule has 59 heavy (non-hydrogen) atoms. The third-order valence-corrected chi connectivity index (χ3v) is 11.2. The van der Waals surface area contributed by atoms with Crippen molar-refractivity contribution in [3.63, 3.8) is 0 Å². The molecular weight excluding hydrogens is 762 g/mol. The summed E-state index contributed by atoms with van der Waals surface area (Å²) in [5.41, 5.74) is 3.40. The Morgan fingerprint density at radius 3 is 2.46 bits per heavy atom. The van der Waals surface area contributed by atoms with E-state index < -0.39 is 47.9 Å². The van der Waals surface area contributed by atoms with Crippen molar-refractivity contribution < 1.29 is 57.2 Å². The molecular formula is C44H55N3O12. The number of nitrogens with zero attached hydrogens (tertiary/aromatic N) is 2. The molecule has 15 nitrogen and oxygen atoms in total. The lowest BCUT2D eigenvalue weighted by Gasteiger charge is -2.31. The van der Waals surface area contributed by atoms with Crippen LogP contribution in [0, 0.1) is 5.92 Å². The van der Waals surface area contributed by atoms with Gasteiger partial charge in [-0.25, -0.2) is 14.4 Å². The number of aryl methyl sites for hydroxylation is 1. The number of amides is 3. The van der Waals surface area contributed by atoms with E-state index in [0.29, 0.717) is 67.9 Å². The second-order valence-corrected chi connectivity index (χ2v) is 16.6. The van der Waals surface area contributed by atoms with Crippen LogP contribution in [0.4, 0.5) is 9.59 Å². The Morgan fingerprint density at radius 1 is 0.966 bits per heavy atom. The highest BCUT2D eigenvalue weighted by molar-refractivity contribution is 6.04. The average Bonchev–Trinajstić information content (AvgIpc) is 3.83. The molecule has 0 aromatic heterocycles. The van der Waals surface area contributed by atoms with Crippen LogP contribution in [-0.2, 0) is 46.3 Å². The first-order chi connectivity index (χ1) is 28.1. The molecule has 6 rings (SSSR count). The van der Waals surface area contributed by atoms with Gasteiger partial charge in [0.15, 0.2) is 18.5 Å². The summed E-state index contributed by atoms with van der Waals surface area (Å²) < 4.78 is 33.4. The third-order valence-electron chi connectivity index (χ3n) is 11.2. The molecule has 1 N–H and O–H groups in total. The number of hydrogen-bond donors (Lipinski definition) is 1. The highest BCUT2D eigenvalue weighted by atomic mass is 16.6. The van der Waals surface area contributed by atoms with E-state index in [2.05, 4.69) is 16.6 Å². The predicted molar refractivity (Wildman–Crippen MR) is 214 cm³/mol. The second-order valence-electron chi connectivity index (χ2n) is 16.6. The van der Waals surface area contributed by atoms with Crippen molar-refractivity contribution in [3.8, 4) is 16.9 Å². The van der Waals surface area contributed by atoms with Crippen LogP contribution in [0.5, 0.6) is 5.75 Å². The van der Waals surface area contributed by atoms with Crippen LogP contribution in [0.25, 0.3) is 11.1 Å². The minimum absolute atomic E-state index is 0.0646. The summed E-state index contributed by atoms with van der Waals surface area (Å²) in [5.74, 6) is -0.801. The van der Waals surface area contributed by atoms with E-state index in [0.717, 1.165) is 28.7 Å². The van der Waals surface area contributed by atoms with E-state index in [9.17, 15) is 28.8 Å². The summed E-state index contributed by atoms with van der Waals surface area (Å²) in [6, 6.07) is 7.45. The average molecular weight is 818 g/mol. The molecule has 2 aromatic rings. The second kappa shape index (κ2) is 18.2. The van der Waals surface area contributed by atoms with Gasteiger partial charge in [-0.2, -0.15) is 0 Å². The molecule has 1 aliphatic carbocycles. The van der Waals surface area contributed by atoms with Crippen LogP contribution in [0.1, 0.15) is 98.1 Å². The Balaban J connectivity index is 1.09. The molecule has 3 heterocycles. The fraction of sp³-hybridized carbons (Fsp3) is 0.545. The van der Waals surface area contributed by atoms with Gasteiger partial charge < -0.3 is 38.6 Å². The molecule has 5 atom stereocenters. The van der Waals surface area contributed by atoms with Crippen molar-refractivity contribution in [2.45, 2.75) is 109 Å². The number of likely N-dealkylation sites (tertiary alicyclic amines) is 2. The number of fused-ring (bicyclic) bond motifs is 4. The monoisotopic (exact) mass is 817 g/mol. The SMILES string of the molecule is C=C(OCC(=O)c1ccc2c(c1)COc1cc3c(cc1-2)CCC(OC(=O)[C@H]1CC[C@@H](CCC)N1C(=O)CNC(=O)OC)C3=O)[C@@H]1C[C@H](COC)CN1C(=O)OC(C)(C)C. The van der Waals surface area contributed by atoms with Gasteiger partial charge in [0.1, 0.15) is 36.3 Å². The minimum Gasteiger partial charge on any atom is -0.488 e. The normalized spacial score (nSPS) is 22.0. The number of methoxy groups -OCH3 is 2.